The molecule has 122 valence electrons. The van der Waals surface area contributed by atoms with E-state index in [4.69, 9.17) is 27.9 Å². The number of hydrogen-bond donors (Lipinski definition) is 1. The van der Waals surface area contributed by atoms with Crippen molar-refractivity contribution in [2.24, 2.45) is 5.92 Å². The lowest BCUT2D eigenvalue weighted by Crippen LogP contribution is -2.28. The van der Waals surface area contributed by atoms with Crippen molar-refractivity contribution < 1.29 is 9.53 Å². The van der Waals surface area contributed by atoms with E-state index in [1.165, 1.54) is 11.3 Å². The highest BCUT2D eigenvalue weighted by Gasteiger charge is 2.22. The predicted octanol–water partition coefficient (Wildman–Crippen LogP) is 4.41. The molecule has 1 aromatic heterocycles. The standard InChI is InChI=1S/C16H16Cl2N2O2S/c17-12-1-2-14(18)11(7-12)8-13-9-19-16(23-13)20-15(21)10-3-5-22-6-4-10/h1-2,7,9-10H,3-6,8H2,(H,19,20,21). The van der Waals surface area contributed by atoms with Gasteiger partial charge in [0.25, 0.3) is 0 Å². The van der Waals surface area contributed by atoms with Gasteiger partial charge in [-0.25, -0.2) is 4.98 Å². The third kappa shape index (κ3) is 4.44. The van der Waals surface area contributed by atoms with Crippen molar-refractivity contribution in [2.75, 3.05) is 18.5 Å². The molecule has 3 rings (SSSR count). The van der Waals surface area contributed by atoms with Gasteiger partial charge in [-0.1, -0.05) is 23.2 Å². The van der Waals surface area contributed by atoms with Crippen LogP contribution in [0.15, 0.2) is 24.4 Å². The first-order chi connectivity index (χ1) is 11.1. The number of carbonyl (C=O) groups is 1. The second-order valence-electron chi connectivity index (χ2n) is 5.42. The van der Waals surface area contributed by atoms with Gasteiger partial charge >= 0.3 is 0 Å². The predicted molar refractivity (Wildman–Crippen MR) is 93.6 cm³/mol. The number of nitrogens with zero attached hydrogens (tertiary/aromatic N) is 1. The zero-order valence-corrected chi connectivity index (χ0v) is 14.7. The Bertz CT molecular complexity index is 699. The van der Waals surface area contributed by atoms with Crippen molar-refractivity contribution in [3.8, 4) is 0 Å². The van der Waals surface area contributed by atoms with Crippen LogP contribution in [0.2, 0.25) is 10.0 Å². The molecule has 1 aliphatic heterocycles. The Balaban J connectivity index is 1.63. The zero-order valence-electron chi connectivity index (χ0n) is 12.4. The normalized spacial score (nSPS) is 15.6. The minimum atomic E-state index is 0.0125. The number of amides is 1. The highest BCUT2D eigenvalue weighted by Crippen LogP contribution is 2.27. The first-order valence-corrected chi connectivity index (χ1v) is 8.96. The molecule has 0 unspecified atom stereocenters. The summed E-state index contributed by atoms with van der Waals surface area (Å²) in [7, 11) is 0. The van der Waals surface area contributed by atoms with Gasteiger partial charge in [-0.2, -0.15) is 0 Å². The van der Waals surface area contributed by atoms with Crippen molar-refractivity contribution >= 4 is 45.6 Å². The average molecular weight is 371 g/mol. The minimum Gasteiger partial charge on any atom is -0.381 e. The number of halogens is 2. The van der Waals surface area contributed by atoms with Crippen molar-refractivity contribution in [3.05, 3.63) is 44.9 Å². The second kappa shape index (κ2) is 7.62. The Morgan fingerprint density at radius 1 is 1.35 bits per heavy atom. The lowest BCUT2D eigenvalue weighted by atomic mass is 10.00. The summed E-state index contributed by atoms with van der Waals surface area (Å²) in [5.74, 6) is 0.0356. The smallest absolute Gasteiger partial charge is 0.229 e. The monoisotopic (exact) mass is 370 g/mol. The van der Waals surface area contributed by atoms with Gasteiger partial charge in [0.2, 0.25) is 5.91 Å². The summed E-state index contributed by atoms with van der Waals surface area (Å²) in [6.07, 6.45) is 3.94. The maximum atomic E-state index is 12.2. The summed E-state index contributed by atoms with van der Waals surface area (Å²) >= 11 is 13.6. The van der Waals surface area contributed by atoms with Crippen LogP contribution in [0.4, 0.5) is 5.13 Å². The van der Waals surface area contributed by atoms with E-state index in [0.717, 1.165) is 23.3 Å². The van der Waals surface area contributed by atoms with Crippen molar-refractivity contribution in [1.29, 1.82) is 0 Å². The number of thiazole rings is 1. The molecule has 1 aliphatic rings. The summed E-state index contributed by atoms with van der Waals surface area (Å²) in [5.41, 5.74) is 0.949. The van der Waals surface area contributed by atoms with E-state index in [0.29, 0.717) is 34.8 Å². The van der Waals surface area contributed by atoms with Crippen LogP contribution in [0.1, 0.15) is 23.3 Å². The van der Waals surface area contributed by atoms with Gasteiger partial charge in [-0.15, -0.1) is 11.3 Å². The molecule has 23 heavy (non-hydrogen) atoms. The van der Waals surface area contributed by atoms with Gasteiger partial charge < -0.3 is 10.1 Å². The van der Waals surface area contributed by atoms with Crippen LogP contribution in [0, 0.1) is 5.92 Å². The van der Waals surface area contributed by atoms with Gasteiger partial charge in [0.1, 0.15) is 0 Å². The Labute approximate surface area is 148 Å². The van der Waals surface area contributed by atoms with E-state index < -0.39 is 0 Å². The summed E-state index contributed by atoms with van der Waals surface area (Å²) in [4.78, 5) is 17.5. The van der Waals surface area contributed by atoms with Crippen LogP contribution in [-0.4, -0.2) is 24.1 Å². The van der Waals surface area contributed by atoms with E-state index >= 15 is 0 Å². The molecule has 1 fully saturated rings. The van der Waals surface area contributed by atoms with E-state index in [-0.39, 0.29) is 11.8 Å². The second-order valence-corrected chi connectivity index (χ2v) is 7.38. The van der Waals surface area contributed by atoms with Gasteiger partial charge in [-0.3, -0.25) is 4.79 Å². The molecule has 1 amide bonds. The Hall–Kier alpha value is -1.14. The van der Waals surface area contributed by atoms with E-state index in [1.807, 2.05) is 6.07 Å². The van der Waals surface area contributed by atoms with Crippen LogP contribution in [0.25, 0.3) is 0 Å². The summed E-state index contributed by atoms with van der Waals surface area (Å²) < 4.78 is 5.28. The van der Waals surface area contributed by atoms with Crippen LogP contribution >= 0.6 is 34.5 Å². The molecule has 1 saturated heterocycles. The lowest BCUT2D eigenvalue weighted by Gasteiger charge is -2.20. The molecule has 0 bridgehead atoms. The van der Waals surface area contributed by atoms with Crippen LogP contribution in [0.3, 0.4) is 0 Å². The van der Waals surface area contributed by atoms with Crippen LogP contribution in [0.5, 0.6) is 0 Å². The average Bonchev–Trinajstić information content (AvgIpc) is 2.99. The summed E-state index contributed by atoms with van der Waals surface area (Å²) in [6, 6.07) is 5.40. The van der Waals surface area contributed by atoms with Gasteiger partial charge in [0.15, 0.2) is 5.13 Å². The van der Waals surface area contributed by atoms with Crippen molar-refractivity contribution in [2.45, 2.75) is 19.3 Å². The first kappa shape index (κ1) is 16.7. The molecular formula is C16H16Cl2N2O2S. The molecule has 2 heterocycles. The van der Waals surface area contributed by atoms with Crippen LogP contribution in [-0.2, 0) is 16.0 Å². The van der Waals surface area contributed by atoms with E-state index in [2.05, 4.69) is 10.3 Å². The zero-order chi connectivity index (χ0) is 16.2. The molecule has 0 atom stereocenters. The Morgan fingerprint density at radius 2 is 2.13 bits per heavy atom. The number of ether oxygens (including phenoxy) is 1. The molecule has 0 saturated carbocycles. The Kier molecular flexibility index (Phi) is 5.54. The van der Waals surface area contributed by atoms with E-state index in [1.54, 1.807) is 18.3 Å². The third-order valence-corrected chi connectivity index (χ3v) is 5.26. The van der Waals surface area contributed by atoms with Gasteiger partial charge in [0, 0.05) is 46.7 Å². The van der Waals surface area contributed by atoms with E-state index in [9.17, 15) is 4.79 Å². The number of carbonyl (C=O) groups excluding carboxylic acids is 1. The SMILES string of the molecule is O=C(Nc1ncc(Cc2cc(Cl)ccc2Cl)s1)C1CCOCC1. The van der Waals surface area contributed by atoms with Gasteiger partial charge in [-0.05, 0) is 36.6 Å². The maximum Gasteiger partial charge on any atom is 0.229 e. The quantitative estimate of drug-likeness (QED) is 0.867. The number of aromatic nitrogens is 1. The Morgan fingerprint density at radius 3 is 2.91 bits per heavy atom. The number of benzene rings is 1. The van der Waals surface area contributed by atoms with Crippen molar-refractivity contribution in [1.82, 2.24) is 4.98 Å². The maximum absolute atomic E-state index is 12.2. The summed E-state index contributed by atoms with van der Waals surface area (Å²) in [5, 5.41) is 4.85. The van der Waals surface area contributed by atoms with Gasteiger partial charge in [0.05, 0.1) is 0 Å². The minimum absolute atomic E-state index is 0.0125. The fourth-order valence-electron chi connectivity index (χ4n) is 2.48. The molecule has 0 radical (unpaired) electrons. The first-order valence-electron chi connectivity index (χ1n) is 7.39. The fourth-order valence-corrected chi connectivity index (χ4v) is 3.70. The number of nitrogens with one attached hydrogen (secondary N) is 1. The van der Waals surface area contributed by atoms with Crippen LogP contribution < -0.4 is 5.32 Å². The fraction of sp³-hybridized carbons (Fsp3) is 0.375. The molecule has 0 spiro atoms. The molecule has 1 aromatic carbocycles. The molecular weight excluding hydrogens is 355 g/mol. The highest BCUT2D eigenvalue weighted by atomic mass is 35.5. The molecule has 7 heteroatoms. The highest BCUT2D eigenvalue weighted by molar-refractivity contribution is 7.15. The topological polar surface area (TPSA) is 51.2 Å². The largest absolute Gasteiger partial charge is 0.381 e. The lowest BCUT2D eigenvalue weighted by molar-refractivity contribution is -0.122. The number of rotatable bonds is 4. The number of hydrogen-bond acceptors (Lipinski definition) is 4. The molecule has 4 nitrogen and oxygen atoms in total. The molecule has 0 aliphatic carbocycles. The number of anilines is 1. The molecule has 2 aromatic rings. The third-order valence-electron chi connectivity index (χ3n) is 3.75. The van der Waals surface area contributed by atoms with Crippen molar-refractivity contribution in [3.63, 3.8) is 0 Å². The summed E-state index contributed by atoms with van der Waals surface area (Å²) in [6.45, 7) is 1.29. The molecule has 1 N–H and O–H groups in total.